The van der Waals surface area contributed by atoms with Gasteiger partial charge in [-0.1, -0.05) is 0 Å². The maximum Gasteiger partial charge on any atom is 0.184 e. The standard InChI is InChI=1S/C8H11NO3.C6H12O6/c1-5-8(12)7(4-11)6(3-10)2-9-5;7-1-2-3(8)4(9)5(10)6(11)12-2/h2,10-12H,3-4H2,1H3;2-11H,1H2/t;2-,3-,4+,5-,6+/m.1/s1. The molecule has 138 valence electrons. The van der Waals surface area contributed by atoms with Gasteiger partial charge in [0.05, 0.1) is 25.5 Å². The summed E-state index contributed by atoms with van der Waals surface area (Å²) in [7, 11) is 0. The van der Waals surface area contributed by atoms with E-state index in [0.29, 0.717) is 16.8 Å². The van der Waals surface area contributed by atoms with Crippen LogP contribution in [0.4, 0.5) is 0 Å². The number of ether oxygens (including phenoxy) is 1. The zero-order valence-electron chi connectivity index (χ0n) is 13.0. The third-order valence-electron chi connectivity index (χ3n) is 3.63. The molecule has 0 amide bonds. The summed E-state index contributed by atoms with van der Waals surface area (Å²) in [4.78, 5) is 3.84. The molecule has 0 aliphatic carbocycles. The Morgan fingerprint density at radius 3 is 2.12 bits per heavy atom. The summed E-state index contributed by atoms with van der Waals surface area (Å²) in [6, 6.07) is 0. The molecule has 8 N–H and O–H groups in total. The Morgan fingerprint density at radius 1 is 1.00 bits per heavy atom. The largest absolute Gasteiger partial charge is 0.506 e. The summed E-state index contributed by atoms with van der Waals surface area (Å²) in [6.07, 6.45) is -5.60. The highest BCUT2D eigenvalue weighted by Gasteiger charge is 2.42. The van der Waals surface area contributed by atoms with Crippen LogP contribution in [0.1, 0.15) is 16.8 Å². The number of aliphatic hydroxyl groups is 7. The Morgan fingerprint density at radius 2 is 1.62 bits per heavy atom. The molecule has 10 nitrogen and oxygen atoms in total. The Bertz CT molecular complexity index is 522. The molecule has 0 bridgehead atoms. The van der Waals surface area contributed by atoms with Crippen molar-refractivity contribution in [3.8, 4) is 5.75 Å². The first kappa shape index (κ1) is 20.7. The van der Waals surface area contributed by atoms with Gasteiger partial charge in [-0.15, -0.1) is 0 Å². The van der Waals surface area contributed by atoms with E-state index in [1.54, 1.807) is 6.92 Å². The number of aromatic hydroxyl groups is 1. The van der Waals surface area contributed by atoms with Gasteiger partial charge in [0.15, 0.2) is 6.29 Å². The summed E-state index contributed by atoms with van der Waals surface area (Å²) < 4.78 is 4.58. The van der Waals surface area contributed by atoms with E-state index in [-0.39, 0.29) is 19.0 Å². The molecular weight excluding hydrogens is 326 g/mol. The minimum Gasteiger partial charge on any atom is -0.506 e. The topological polar surface area (TPSA) is 184 Å². The molecular formula is C14H23NO9. The van der Waals surface area contributed by atoms with Crippen molar-refractivity contribution in [1.29, 1.82) is 0 Å². The van der Waals surface area contributed by atoms with E-state index in [1.165, 1.54) is 6.20 Å². The number of aromatic nitrogens is 1. The van der Waals surface area contributed by atoms with Crippen molar-refractivity contribution in [3.05, 3.63) is 23.0 Å². The number of rotatable bonds is 3. The lowest BCUT2D eigenvalue weighted by Crippen LogP contribution is -2.58. The highest BCUT2D eigenvalue weighted by molar-refractivity contribution is 5.39. The average molecular weight is 349 g/mol. The maximum absolute atomic E-state index is 9.38. The second kappa shape index (κ2) is 9.20. The zero-order chi connectivity index (χ0) is 18.4. The summed E-state index contributed by atoms with van der Waals surface area (Å²) in [5.74, 6) is -0.0379. The lowest BCUT2D eigenvalue weighted by Gasteiger charge is -2.37. The molecule has 0 unspecified atom stereocenters. The fourth-order valence-corrected chi connectivity index (χ4v) is 2.08. The molecule has 2 heterocycles. The molecule has 5 atom stereocenters. The minimum atomic E-state index is -1.57. The molecule has 0 spiro atoms. The quantitative estimate of drug-likeness (QED) is 0.277. The van der Waals surface area contributed by atoms with Gasteiger partial charge < -0.3 is 45.6 Å². The average Bonchev–Trinajstić information content (AvgIpc) is 2.59. The summed E-state index contributed by atoms with van der Waals surface area (Å²) >= 11 is 0. The van der Waals surface area contributed by atoms with Crippen LogP contribution in [0.5, 0.6) is 5.75 Å². The van der Waals surface area contributed by atoms with Crippen molar-refractivity contribution in [2.45, 2.75) is 50.8 Å². The maximum atomic E-state index is 9.38. The SMILES string of the molecule is Cc1ncc(CO)c(CO)c1O.OC[C@H]1O[C@H](O)[C@H](O)[C@@H](O)[C@@H]1O. The number of pyridine rings is 1. The summed E-state index contributed by atoms with van der Waals surface area (Å²) in [6.45, 7) is 0.597. The van der Waals surface area contributed by atoms with E-state index >= 15 is 0 Å². The van der Waals surface area contributed by atoms with Crippen LogP contribution in [0.15, 0.2) is 6.20 Å². The third kappa shape index (κ3) is 4.59. The molecule has 24 heavy (non-hydrogen) atoms. The Kier molecular flexibility index (Phi) is 7.93. The second-order valence-corrected chi connectivity index (χ2v) is 5.23. The van der Waals surface area contributed by atoms with E-state index in [2.05, 4.69) is 9.72 Å². The molecule has 0 saturated carbocycles. The van der Waals surface area contributed by atoms with Crippen LogP contribution in [0.2, 0.25) is 0 Å². The van der Waals surface area contributed by atoms with Gasteiger partial charge in [-0.25, -0.2) is 0 Å². The molecule has 1 aliphatic rings. The molecule has 0 aromatic carbocycles. The van der Waals surface area contributed by atoms with E-state index in [0.717, 1.165) is 0 Å². The first-order valence-corrected chi connectivity index (χ1v) is 7.15. The first-order chi connectivity index (χ1) is 11.3. The highest BCUT2D eigenvalue weighted by atomic mass is 16.6. The number of hydrogen-bond donors (Lipinski definition) is 8. The van der Waals surface area contributed by atoms with Crippen LogP contribution in [0, 0.1) is 6.92 Å². The van der Waals surface area contributed by atoms with Gasteiger partial charge in [0, 0.05) is 17.3 Å². The van der Waals surface area contributed by atoms with Crippen molar-refractivity contribution in [2.75, 3.05) is 6.61 Å². The van der Waals surface area contributed by atoms with Crippen LogP contribution < -0.4 is 0 Å². The van der Waals surface area contributed by atoms with Gasteiger partial charge in [0.25, 0.3) is 0 Å². The van der Waals surface area contributed by atoms with Crippen LogP contribution in [-0.2, 0) is 18.0 Å². The number of aliphatic hydroxyl groups excluding tert-OH is 7. The second-order valence-electron chi connectivity index (χ2n) is 5.23. The fraction of sp³-hybridized carbons (Fsp3) is 0.643. The molecule has 1 saturated heterocycles. The lowest BCUT2D eigenvalue weighted by molar-refractivity contribution is -0.286. The van der Waals surface area contributed by atoms with Crippen LogP contribution in [0.25, 0.3) is 0 Å². The van der Waals surface area contributed by atoms with Crippen LogP contribution in [0.3, 0.4) is 0 Å². The van der Waals surface area contributed by atoms with Crippen molar-refractivity contribution in [1.82, 2.24) is 4.98 Å². The molecule has 10 heteroatoms. The van der Waals surface area contributed by atoms with Crippen LogP contribution in [-0.4, -0.2) is 83.1 Å². The van der Waals surface area contributed by atoms with Gasteiger partial charge in [-0.3, -0.25) is 4.98 Å². The number of aryl methyl sites for hydroxylation is 1. The van der Waals surface area contributed by atoms with Gasteiger partial charge in [-0.05, 0) is 6.92 Å². The van der Waals surface area contributed by atoms with Gasteiger partial charge in [0.1, 0.15) is 30.2 Å². The Labute approximate surface area is 137 Å². The molecule has 1 aliphatic heterocycles. The third-order valence-corrected chi connectivity index (χ3v) is 3.63. The van der Waals surface area contributed by atoms with Gasteiger partial charge in [-0.2, -0.15) is 0 Å². The molecule has 0 radical (unpaired) electrons. The predicted molar refractivity (Wildman–Crippen MR) is 78.5 cm³/mol. The zero-order valence-corrected chi connectivity index (χ0v) is 13.0. The van der Waals surface area contributed by atoms with E-state index in [4.69, 9.17) is 35.7 Å². The molecule has 1 fully saturated rings. The van der Waals surface area contributed by atoms with Gasteiger partial charge in [0.2, 0.25) is 0 Å². The fourth-order valence-electron chi connectivity index (χ4n) is 2.08. The minimum absolute atomic E-state index is 0.0379. The van der Waals surface area contributed by atoms with Crippen molar-refractivity contribution in [3.63, 3.8) is 0 Å². The molecule has 1 aromatic rings. The van der Waals surface area contributed by atoms with Crippen molar-refractivity contribution < 1.29 is 45.6 Å². The Balaban J connectivity index is 0.000000240. The predicted octanol–water partition coefficient (Wildman–Crippen LogP) is -3.14. The summed E-state index contributed by atoms with van der Waals surface area (Å²) in [5.41, 5.74) is 1.27. The van der Waals surface area contributed by atoms with E-state index < -0.39 is 37.3 Å². The van der Waals surface area contributed by atoms with E-state index in [9.17, 15) is 5.11 Å². The van der Waals surface area contributed by atoms with E-state index in [1.807, 2.05) is 0 Å². The monoisotopic (exact) mass is 349 g/mol. The van der Waals surface area contributed by atoms with Gasteiger partial charge >= 0.3 is 0 Å². The molecule has 1 aromatic heterocycles. The van der Waals surface area contributed by atoms with Crippen molar-refractivity contribution in [2.24, 2.45) is 0 Å². The van der Waals surface area contributed by atoms with Crippen molar-refractivity contribution >= 4 is 0 Å². The van der Waals surface area contributed by atoms with Crippen LogP contribution >= 0.6 is 0 Å². The Hall–Kier alpha value is -1.37. The smallest absolute Gasteiger partial charge is 0.184 e. The summed E-state index contributed by atoms with van der Waals surface area (Å²) in [5, 5.41) is 71.7. The lowest BCUT2D eigenvalue weighted by atomic mass is 10.00. The first-order valence-electron chi connectivity index (χ1n) is 7.15. The number of hydrogen-bond acceptors (Lipinski definition) is 10. The number of nitrogens with zero attached hydrogens (tertiary/aromatic N) is 1. The highest BCUT2D eigenvalue weighted by Crippen LogP contribution is 2.23. The normalized spacial score (nSPS) is 29.8. The molecule has 2 rings (SSSR count).